The van der Waals surface area contributed by atoms with Gasteiger partial charge < -0.3 is 15.4 Å². The number of nitrogens with one attached hydrogen (secondary N) is 2. The topological polar surface area (TPSA) is 45.7 Å². The third-order valence-corrected chi connectivity index (χ3v) is 3.03. The Morgan fingerprint density at radius 3 is 2.70 bits per heavy atom. The first-order valence-electron chi connectivity index (χ1n) is 7.34. The fourth-order valence-electron chi connectivity index (χ4n) is 1.79. The second kappa shape index (κ2) is 9.23. The van der Waals surface area contributed by atoms with E-state index in [9.17, 15) is 0 Å². The third kappa shape index (κ3) is 5.95. The number of aryl methyl sites for hydroxylation is 1. The van der Waals surface area contributed by atoms with Crippen molar-refractivity contribution in [3.63, 3.8) is 0 Å². The Morgan fingerprint density at radius 2 is 2.05 bits per heavy atom. The maximum Gasteiger partial charge on any atom is 0.191 e. The molecule has 1 atom stereocenters. The largest absolute Gasteiger partial charge is 0.489 e. The third-order valence-electron chi connectivity index (χ3n) is 3.03. The van der Waals surface area contributed by atoms with Gasteiger partial charge in [-0.25, -0.2) is 0 Å². The zero-order chi connectivity index (χ0) is 14.8. The van der Waals surface area contributed by atoms with Gasteiger partial charge in [-0.2, -0.15) is 0 Å². The lowest BCUT2D eigenvalue weighted by Gasteiger charge is -2.18. The van der Waals surface area contributed by atoms with Crippen LogP contribution in [0.2, 0.25) is 0 Å². The molecule has 0 saturated heterocycles. The first-order chi connectivity index (χ1) is 9.67. The van der Waals surface area contributed by atoms with E-state index in [1.165, 1.54) is 6.42 Å². The minimum Gasteiger partial charge on any atom is -0.489 e. The van der Waals surface area contributed by atoms with E-state index in [-0.39, 0.29) is 6.10 Å². The second-order valence-corrected chi connectivity index (χ2v) is 4.93. The molecule has 0 heterocycles. The standard InChI is InChI=1S/C16H27N3O/c1-5-6-11-18-16(17-4)19-12-14(3)20-15-10-8-7-9-13(15)2/h7-10,14H,5-6,11-12H2,1-4H3,(H2,17,18,19). The maximum absolute atomic E-state index is 5.92. The van der Waals surface area contributed by atoms with Gasteiger partial charge in [-0.3, -0.25) is 4.99 Å². The van der Waals surface area contributed by atoms with Crippen LogP contribution in [-0.4, -0.2) is 32.2 Å². The van der Waals surface area contributed by atoms with Crippen LogP contribution in [0.4, 0.5) is 0 Å². The molecule has 4 heteroatoms. The molecule has 1 rings (SSSR count). The highest BCUT2D eigenvalue weighted by molar-refractivity contribution is 5.79. The Bertz CT molecular complexity index is 418. The summed E-state index contributed by atoms with van der Waals surface area (Å²) >= 11 is 0. The van der Waals surface area contributed by atoms with E-state index in [0.29, 0.717) is 0 Å². The summed E-state index contributed by atoms with van der Waals surface area (Å²) in [5, 5.41) is 6.57. The molecule has 0 fully saturated rings. The van der Waals surface area contributed by atoms with Crippen LogP contribution in [0.1, 0.15) is 32.3 Å². The SMILES string of the molecule is CCCCNC(=NC)NCC(C)Oc1ccccc1C. The average molecular weight is 277 g/mol. The molecule has 0 aliphatic heterocycles. The van der Waals surface area contributed by atoms with Crippen molar-refractivity contribution >= 4 is 5.96 Å². The van der Waals surface area contributed by atoms with E-state index in [4.69, 9.17) is 4.74 Å². The van der Waals surface area contributed by atoms with Crippen molar-refractivity contribution < 1.29 is 4.74 Å². The summed E-state index contributed by atoms with van der Waals surface area (Å²) in [5.74, 6) is 1.77. The highest BCUT2D eigenvalue weighted by Crippen LogP contribution is 2.17. The monoisotopic (exact) mass is 277 g/mol. The number of nitrogens with zero attached hydrogens (tertiary/aromatic N) is 1. The first-order valence-corrected chi connectivity index (χ1v) is 7.34. The number of aliphatic imine (C=N–C) groups is 1. The summed E-state index contributed by atoms with van der Waals surface area (Å²) in [6.07, 6.45) is 2.41. The summed E-state index contributed by atoms with van der Waals surface area (Å²) < 4.78 is 5.92. The summed E-state index contributed by atoms with van der Waals surface area (Å²) in [4.78, 5) is 4.20. The minimum absolute atomic E-state index is 0.0841. The summed E-state index contributed by atoms with van der Waals surface area (Å²) in [6, 6.07) is 8.07. The number of unbranched alkanes of at least 4 members (excludes halogenated alkanes) is 1. The molecule has 1 aromatic rings. The highest BCUT2D eigenvalue weighted by Gasteiger charge is 2.06. The van der Waals surface area contributed by atoms with Crippen LogP contribution in [-0.2, 0) is 0 Å². The van der Waals surface area contributed by atoms with Gasteiger partial charge in [0, 0.05) is 13.6 Å². The fraction of sp³-hybridized carbons (Fsp3) is 0.562. The Hall–Kier alpha value is -1.71. The molecule has 0 aliphatic carbocycles. The van der Waals surface area contributed by atoms with Crippen LogP contribution in [0.25, 0.3) is 0 Å². The van der Waals surface area contributed by atoms with E-state index < -0.39 is 0 Å². The van der Waals surface area contributed by atoms with E-state index >= 15 is 0 Å². The highest BCUT2D eigenvalue weighted by atomic mass is 16.5. The molecule has 0 amide bonds. The molecule has 1 aromatic carbocycles. The summed E-state index contributed by atoms with van der Waals surface area (Å²) in [6.45, 7) is 7.96. The van der Waals surface area contributed by atoms with Crippen molar-refractivity contribution in [1.82, 2.24) is 10.6 Å². The molecular weight excluding hydrogens is 250 g/mol. The molecule has 20 heavy (non-hydrogen) atoms. The minimum atomic E-state index is 0.0841. The van der Waals surface area contributed by atoms with Gasteiger partial charge in [0.05, 0.1) is 6.54 Å². The first kappa shape index (κ1) is 16.3. The van der Waals surface area contributed by atoms with Crippen molar-refractivity contribution in [3.8, 4) is 5.75 Å². The lowest BCUT2D eigenvalue weighted by Crippen LogP contribution is -2.42. The Labute approximate surface area is 122 Å². The van der Waals surface area contributed by atoms with Crippen LogP contribution in [0.3, 0.4) is 0 Å². The van der Waals surface area contributed by atoms with Gasteiger partial charge in [-0.05, 0) is 31.9 Å². The molecule has 0 aromatic heterocycles. The molecule has 4 nitrogen and oxygen atoms in total. The van der Waals surface area contributed by atoms with E-state index in [1.807, 2.05) is 18.2 Å². The van der Waals surface area contributed by atoms with Crippen molar-refractivity contribution in [1.29, 1.82) is 0 Å². The predicted molar refractivity (Wildman–Crippen MR) is 85.5 cm³/mol. The molecule has 0 radical (unpaired) electrons. The quantitative estimate of drug-likeness (QED) is 0.457. The van der Waals surface area contributed by atoms with Crippen LogP contribution >= 0.6 is 0 Å². The number of hydrogen-bond donors (Lipinski definition) is 2. The zero-order valence-electron chi connectivity index (χ0n) is 13.1. The van der Waals surface area contributed by atoms with E-state index in [2.05, 4.69) is 42.5 Å². The molecule has 0 aliphatic rings. The van der Waals surface area contributed by atoms with Gasteiger partial charge in [-0.1, -0.05) is 31.5 Å². The van der Waals surface area contributed by atoms with Gasteiger partial charge in [-0.15, -0.1) is 0 Å². The second-order valence-electron chi connectivity index (χ2n) is 4.93. The number of ether oxygens (including phenoxy) is 1. The van der Waals surface area contributed by atoms with Crippen LogP contribution in [0.15, 0.2) is 29.3 Å². The number of rotatable bonds is 7. The average Bonchev–Trinajstić information content (AvgIpc) is 2.45. The Balaban J connectivity index is 2.35. The van der Waals surface area contributed by atoms with Crippen molar-refractivity contribution in [2.24, 2.45) is 4.99 Å². The normalized spacial score (nSPS) is 12.9. The predicted octanol–water partition coefficient (Wildman–Crippen LogP) is 2.73. The number of benzene rings is 1. The molecule has 1 unspecified atom stereocenters. The van der Waals surface area contributed by atoms with Gasteiger partial charge in [0.1, 0.15) is 11.9 Å². The molecular formula is C16H27N3O. The number of hydrogen-bond acceptors (Lipinski definition) is 2. The lowest BCUT2D eigenvalue weighted by molar-refractivity contribution is 0.222. The zero-order valence-corrected chi connectivity index (χ0v) is 13.1. The molecule has 0 bridgehead atoms. The molecule has 0 saturated carbocycles. The Kier molecular flexibility index (Phi) is 7.55. The van der Waals surface area contributed by atoms with Crippen molar-refractivity contribution in [2.75, 3.05) is 20.1 Å². The van der Waals surface area contributed by atoms with Gasteiger partial charge in [0.15, 0.2) is 5.96 Å². The van der Waals surface area contributed by atoms with Crippen molar-refractivity contribution in [3.05, 3.63) is 29.8 Å². The Morgan fingerprint density at radius 1 is 1.30 bits per heavy atom. The lowest BCUT2D eigenvalue weighted by atomic mass is 10.2. The number of para-hydroxylation sites is 1. The molecule has 0 spiro atoms. The molecule has 112 valence electrons. The smallest absolute Gasteiger partial charge is 0.191 e. The van der Waals surface area contributed by atoms with Crippen LogP contribution in [0, 0.1) is 6.92 Å². The van der Waals surface area contributed by atoms with Crippen LogP contribution < -0.4 is 15.4 Å². The van der Waals surface area contributed by atoms with Crippen molar-refractivity contribution in [2.45, 2.75) is 39.7 Å². The van der Waals surface area contributed by atoms with Gasteiger partial charge in [0.2, 0.25) is 0 Å². The van der Waals surface area contributed by atoms with E-state index in [1.54, 1.807) is 7.05 Å². The number of guanidine groups is 1. The van der Waals surface area contributed by atoms with E-state index in [0.717, 1.165) is 36.8 Å². The maximum atomic E-state index is 5.92. The van der Waals surface area contributed by atoms with Gasteiger partial charge >= 0.3 is 0 Å². The van der Waals surface area contributed by atoms with Crippen LogP contribution in [0.5, 0.6) is 5.75 Å². The fourth-order valence-corrected chi connectivity index (χ4v) is 1.79. The summed E-state index contributed by atoms with van der Waals surface area (Å²) in [5.41, 5.74) is 1.16. The van der Waals surface area contributed by atoms with Gasteiger partial charge in [0.25, 0.3) is 0 Å². The molecule has 2 N–H and O–H groups in total. The summed E-state index contributed by atoms with van der Waals surface area (Å²) in [7, 11) is 1.79.